The summed E-state index contributed by atoms with van der Waals surface area (Å²) in [6, 6.07) is 1.30. The lowest BCUT2D eigenvalue weighted by Crippen LogP contribution is -2.08. The van der Waals surface area contributed by atoms with Gasteiger partial charge in [0.15, 0.2) is 0 Å². The normalized spacial score (nSPS) is 9.93. The maximum Gasteiger partial charge on any atom is 0.337 e. The Morgan fingerprint density at radius 1 is 1.60 bits per heavy atom. The fraction of sp³-hybridized carbons (Fsp3) is 0.333. The van der Waals surface area contributed by atoms with Gasteiger partial charge >= 0.3 is 5.97 Å². The first kappa shape index (κ1) is 11.3. The molecule has 6 nitrogen and oxygen atoms in total. The van der Waals surface area contributed by atoms with E-state index in [-0.39, 0.29) is 17.1 Å². The summed E-state index contributed by atoms with van der Waals surface area (Å²) in [4.78, 5) is 14.4. The van der Waals surface area contributed by atoms with Crippen LogP contribution < -0.4 is 10.5 Å². The molecule has 0 amide bonds. The molecule has 0 fully saturated rings. The standard InChI is InChI=1S/C9H12N2O4/c1-14-2-3-15-8-7(10)4-6(5-11-8)9(12)13/h4-5H,2-3,10H2,1H3,(H,12,13). The Balaban J connectivity index is 2.70. The Kier molecular flexibility index (Phi) is 3.87. The smallest absolute Gasteiger partial charge is 0.337 e. The molecule has 0 radical (unpaired) electrons. The Morgan fingerprint density at radius 2 is 2.33 bits per heavy atom. The van der Waals surface area contributed by atoms with E-state index in [9.17, 15) is 4.79 Å². The Bertz CT molecular complexity index is 354. The maximum atomic E-state index is 10.6. The van der Waals surface area contributed by atoms with Crippen LogP contribution in [-0.4, -0.2) is 36.4 Å². The van der Waals surface area contributed by atoms with Gasteiger partial charge < -0.3 is 20.3 Å². The Labute approximate surface area is 86.6 Å². The summed E-state index contributed by atoms with van der Waals surface area (Å²) < 4.78 is 9.94. The van der Waals surface area contributed by atoms with Gasteiger partial charge in [-0.05, 0) is 6.07 Å². The van der Waals surface area contributed by atoms with E-state index in [1.54, 1.807) is 7.11 Å². The second-order valence-electron chi connectivity index (χ2n) is 2.76. The fourth-order valence-corrected chi connectivity index (χ4v) is 0.928. The van der Waals surface area contributed by atoms with Crippen molar-refractivity contribution < 1.29 is 19.4 Å². The molecule has 0 aliphatic carbocycles. The molecule has 1 heterocycles. The number of aromatic nitrogens is 1. The molecule has 0 aliphatic rings. The lowest BCUT2D eigenvalue weighted by molar-refractivity contribution is 0.0696. The first-order valence-corrected chi connectivity index (χ1v) is 4.25. The number of pyridine rings is 1. The van der Waals surface area contributed by atoms with Crippen LogP contribution >= 0.6 is 0 Å². The number of methoxy groups -OCH3 is 1. The molecule has 0 bridgehead atoms. The number of ether oxygens (including phenoxy) is 2. The maximum absolute atomic E-state index is 10.6. The van der Waals surface area contributed by atoms with Gasteiger partial charge in [0.2, 0.25) is 5.88 Å². The van der Waals surface area contributed by atoms with Gasteiger partial charge in [-0.15, -0.1) is 0 Å². The average molecular weight is 212 g/mol. The van der Waals surface area contributed by atoms with Crippen LogP contribution in [0.25, 0.3) is 0 Å². The van der Waals surface area contributed by atoms with Crippen molar-refractivity contribution in [2.45, 2.75) is 0 Å². The first-order chi connectivity index (χ1) is 7.15. The van der Waals surface area contributed by atoms with Crippen LogP contribution in [0, 0.1) is 0 Å². The number of hydrogen-bond donors (Lipinski definition) is 2. The van der Waals surface area contributed by atoms with E-state index in [1.807, 2.05) is 0 Å². The van der Waals surface area contributed by atoms with Crippen molar-refractivity contribution >= 4 is 11.7 Å². The Hall–Kier alpha value is -1.82. The second kappa shape index (κ2) is 5.16. The van der Waals surface area contributed by atoms with Gasteiger partial charge in [-0.25, -0.2) is 9.78 Å². The largest absolute Gasteiger partial charge is 0.478 e. The number of nitrogens with two attached hydrogens (primary N) is 1. The van der Waals surface area contributed by atoms with Crippen LogP contribution in [0.3, 0.4) is 0 Å². The van der Waals surface area contributed by atoms with E-state index < -0.39 is 5.97 Å². The summed E-state index contributed by atoms with van der Waals surface area (Å²) in [6.45, 7) is 0.738. The number of carbonyl (C=O) groups is 1. The number of aromatic carboxylic acids is 1. The van der Waals surface area contributed by atoms with Crippen LogP contribution in [-0.2, 0) is 4.74 Å². The van der Waals surface area contributed by atoms with Crippen molar-refractivity contribution in [3.05, 3.63) is 17.8 Å². The zero-order valence-corrected chi connectivity index (χ0v) is 8.27. The number of anilines is 1. The third-order valence-electron chi connectivity index (χ3n) is 1.65. The van der Waals surface area contributed by atoms with Gasteiger partial charge in [0.25, 0.3) is 0 Å². The molecule has 0 unspecified atom stereocenters. The highest BCUT2D eigenvalue weighted by Crippen LogP contribution is 2.18. The third-order valence-corrected chi connectivity index (χ3v) is 1.65. The van der Waals surface area contributed by atoms with E-state index in [0.29, 0.717) is 13.2 Å². The van der Waals surface area contributed by atoms with Gasteiger partial charge in [-0.3, -0.25) is 0 Å². The van der Waals surface area contributed by atoms with Crippen molar-refractivity contribution in [1.82, 2.24) is 4.98 Å². The molecule has 1 aromatic rings. The molecular weight excluding hydrogens is 200 g/mol. The zero-order valence-electron chi connectivity index (χ0n) is 8.27. The molecule has 1 rings (SSSR count). The highest BCUT2D eigenvalue weighted by atomic mass is 16.5. The van der Waals surface area contributed by atoms with Gasteiger partial charge in [0.1, 0.15) is 6.61 Å². The number of carboxylic acids is 1. The molecule has 0 atom stereocenters. The number of carboxylic acid groups (broad SMARTS) is 1. The van der Waals surface area contributed by atoms with Crippen LogP contribution in [0.2, 0.25) is 0 Å². The van der Waals surface area contributed by atoms with Crippen LogP contribution in [0.1, 0.15) is 10.4 Å². The SMILES string of the molecule is COCCOc1ncc(C(=O)O)cc1N. The lowest BCUT2D eigenvalue weighted by Gasteiger charge is -2.07. The summed E-state index contributed by atoms with van der Waals surface area (Å²) in [5, 5.41) is 8.66. The minimum Gasteiger partial charge on any atom is -0.478 e. The molecule has 82 valence electrons. The third kappa shape index (κ3) is 3.10. The van der Waals surface area contributed by atoms with E-state index in [2.05, 4.69) is 4.98 Å². The average Bonchev–Trinajstić information content (AvgIpc) is 2.20. The summed E-state index contributed by atoms with van der Waals surface area (Å²) in [5.74, 6) is -0.852. The van der Waals surface area contributed by atoms with E-state index >= 15 is 0 Å². The van der Waals surface area contributed by atoms with Crippen molar-refractivity contribution in [3.8, 4) is 5.88 Å². The lowest BCUT2D eigenvalue weighted by atomic mass is 10.2. The summed E-state index contributed by atoms with van der Waals surface area (Å²) in [6.07, 6.45) is 1.20. The molecule has 3 N–H and O–H groups in total. The molecule has 15 heavy (non-hydrogen) atoms. The van der Waals surface area contributed by atoms with Gasteiger partial charge in [-0.1, -0.05) is 0 Å². The van der Waals surface area contributed by atoms with Gasteiger partial charge in [-0.2, -0.15) is 0 Å². The van der Waals surface area contributed by atoms with Crippen LogP contribution in [0.15, 0.2) is 12.3 Å². The highest BCUT2D eigenvalue weighted by molar-refractivity contribution is 5.88. The van der Waals surface area contributed by atoms with E-state index in [4.69, 9.17) is 20.3 Å². The first-order valence-electron chi connectivity index (χ1n) is 4.25. The predicted molar refractivity (Wildman–Crippen MR) is 53.0 cm³/mol. The minimum atomic E-state index is -1.07. The quantitative estimate of drug-likeness (QED) is 0.685. The molecule has 6 heteroatoms. The molecule has 0 spiro atoms. The number of hydrogen-bond acceptors (Lipinski definition) is 5. The van der Waals surface area contributed by atoms with Crippen LogP contribution in [0.4, 0.5) is 5.69 Å². The topological polar surface area (TPSA) is 94.7 Å². The monoisotopic (exact) mass is 212 g/mol. The molecule has 0 aliphatic heterocycles. The van der Waals surface area contributed by atoms with Crippen molar-refractivity contribution in [3.63, 3.8) is 0 Å². The number of nitrogen functional groups attached to an aromatic ring is 1. The fourth-order valence-electron chi connectivity index (χ4n) is 0.928. The zero-order chi connectivity index (χ0) is 11.3. The number of rotatable bonds is 5. The Morgan fingerprint density at radius 3 is 2.87 bits per heavy atom. The van der Waals surface area contributed by atoms with Crippen molar-refractivity contribution in [2.75, 3.05) is 26.1 Å². The van der Waals surface area contributed by atoms with Gasteiger partial charge in [0, 0.05) is 13.3 Å². The van der Waals surface area contributed by atoms with Gasteiger partial charge in [0.05, 0.1) is 17.9 Å². The molecule has 1 aromatic heterocycles. The number of nitrogens with zero attached hydrogens (tertiary/aromatic N) is 1. The van der Waals surface area contributed by atoms with E-state index in [0.717, 1.165) is 0 Å². The molecule has 0 saturated carbocycles. The minimum absolute atomic E-state index is 0.0339. The van der Waals surface area contributed by atoms with E-state index in [1.165, 1.54) is 12.3 Å². The van der Waals surface area contributed by atoms with Crippen molar-refractivity contribution in [1.29, 1.82) is 0 Å². The predicted octanol–water partition coefficient (Wildman–Crippen LogP) is 0.387. The van der Waals surface area contributed by atoms with Crippen LogP contribution in [0.5, 0.6) is 5.88 Å². The summed E-state index contributed by atoms with van der Waals surface area (Å²) in [5.41, 5.74) is 5.78. The summed E-state index contributed by atoms with van der Waals surface area (Å²) in [7, 11) is 1.55. The molecule has 0 aromatic carbocycles. The highest BCUT2D eigenvalue weighted by Gasteiger charge is 2.08. The second-order valence-corrected chi connectivity index (χ2v) is 2.76. The molecule has 0 saturated heterocycles. The van der Waals surface area contributed by atoms with Crippen molar-refractivity contribution in [2.24, 2.45) is 0 Å². The summed E-state index contributed by atoms with van der Waals surface area (Å²) >= 11 is 0. The molecular formula is C9H12N2O4.